The Morgan fingerprint density at radius 2 is 2.07 bits per heavy atom. The molecule has 0 radical (unpaired) electrons. The number of hydrogen-bond acceptors (Lipinski definition) is 3. The van der Waals surface area contributed by atoms with Gasteiger partial charge in [-0.3, -0.25) is 0 Å². The van der Waals surface area contributed by atoms with Crippen LogP contribution in [-0.2, 0) is 4.74 Å². The Hall–Kier alpha value is -1.22. The fourth-order valence-corrected chi connectivity index (χ4v) is 1.17. The van der Waals surface area contributed by atoms with Crippen LogP contribution in [0.25, 0.3) is 0 Å². The highest BCUT2D eigenvalue weighted by Gasteiger charge is 2.01. The predicted molar refractivity (Wildman–Crippen MR) is 57.6 cm³/mol. The lowest BCUT2D eigenvalue weighted by Crippen LogP contribution is -2.03. The zero-order valence-electron chi connectivity index (χ0n) is 8.75. The average Bonchev–Trinajstić information content (AvgIpc) is 2.19. The maximum atomic E-state index is 5.75. The lowest BCUT2D eigenvalue weighted by atomic mass is 10.2. The number of methoxy groups -OCH3 is 1. The summed E-state index contributed by atoms with van der Waals surface area (Å²) >= 11 is 0. The molecule has 0 bridgehead atoms. The van der Waals surface area contributed by atoms with Crippen LogP contribution in [-0.4, -0.2) is 20.3 Å². The summed E-state index contributed by atoms with van der Waals surface area (Å²) in [4.78, 5) is 0. The number of benzene rings is 1. The summed E-state index contributed by atoms with van der Waals surface area (Å²) in [5.41, 5.74) is 7.52. The second-order valence-electron chi connectivity index (χ2n) is 3.17. The first-order valence-corrected chi connectivity index (χ1v) is 4.72. The van der Waals surface area contributed by atoms with Crippen molar-refractivity contribution in [3.8, 4) is 5.75 Å². The molecule has 1 aromatic rings. The average molecular weight is 195 g/mol. The first-order chi connectivity index (χ1) is 6.75. The first kappa shape index (κ1) is 10.9. The Morgan fingerprint density at radius 3 is 2.79 bits per heavy atom. The lowest BCUT2D eigenvalue weighted by Gasteiger charge is -2.10. The van der Waals surface area contributed by atoms with Crippen LogP contribution in [0.2, 0.25) is 0 Å². The maximum Gasteiger partial charge on any atom is 0.124 e. The van der Waals surface area contributed by atoms with Crippen molar-refractivity contribution < 1.29 is 9.47 Å². The molecular weight excluding hydrogens is 178 g/mol. The van der Waals surface area contributed by atoms with Crippen LogP contribution >= 0.6 is 0 Å². The molecule has 0 fully saturated rings. The molecular formula is C11H17NO2. The third-order valence-corrected chi connectivity index (χ3v) is 2.08. The molecule has 0 amide bonds. The molecule has 1 aromatic carbocycles. The van der Waals surface area contributed by atoms with Gasteiger partial charge in [0.15, 0.2) is 0 Å². The van der Waals surface area contributed by atoms with Crippen LogP contribution in [0.3, 0.4) is 0 Å². The smallest absolute Gasteiger partial charge is 0.124 e. The molecule has 0 saturated heterocycles. The SMILES string of the molecule is COCCCOc1cccc(N)c1C. The standard InChI is InChI=1S/C11H17NO2/c1-9-10(12)5-3-6-11(9)14-8-4-7-13-2/h3,5-6H,4,7-8,12H2,1-2H3. The minimum atomic E-state index is 0.665. The topological polar surface area (TPSA) is 44.5 Å². The minimum Gasteiger partial charge on any atom is -0.493 e. The molecule has 0 atom stereocenters. The highest BCUT2D eigenvalue weighted by molar-refractivity contribution is 5.53. The van der Waals surface area contributed by atoms with Gasteiger partial charge in [0.05, 0.1) is 6.61 Å². The van der Waals surface area contributed by atoms with Crippen LogP contribution in [0.4, 0.5) is 5.69 Å². The number of rotatable bonds is 5. The Labute approximate surface area is 84.8 Å². The molecule has 0 aromatic heterocycles. The van der Waals surface area contributed by atoms with Crippen molar-refractivity contribution >= 4 is 5.69 Å². The van der Waals surface area contributed by atoms with Gasteiger partial charge in [-0.2, -0.15) is 0 Å². The van der Waals surface area contributed by atoms with E-state index in [2.05, 4.69) is 0 Å². The Bertz CT molecular complexity index is 287. The van der Waals surface area contributed by atoms with E-state index in [4.69, 9.17) is 15.2 Å². The van der Waals surface area contributed by atoms with Gasteiger partial charge in [0.2, 0.25) is 0 Å². The summed E-state index contributed by atoms with van der Waals surface area (Å²) in [5.74, 6) is 0.862. The number of nitrogen functional groups attached to an aromatic ring is 1. The number of hydrogen-bond donors (Lipinski definition) is 1. The van der Waals surface area contributed by atoms with Gasteiger partial charge in [0.25, 0.3) is 0 Å². The fraction of sp³-hybridized carbons (Fsp3) is 0.455. The van der Waals surface area contributed by atoms with E-state index < -0.39 is 0 Å². The molecule has 3 nitrogen and oxygen atoms in total. The van der Waals surface area contributed by atoms with E-state index in [1.807, 2.05) is 25.1 Å². The third-order valence-electron chi connectivity index (χ3n) is 2.08. The summed E-state index contributed by atoms with van der Waals surface area (Å²) in [7, 11) is 1.69. The highest BCUT2D eigenvalue weighted by atomic mass is 16.5. The van der Waals surface area contributed by atoms with E-state index in [1.54, 1.807) is 7.11 Å². The molecule has 0 unspecified atom stereocenters. The molecule has 0 spiro atoms. The Balaban J connectivity index is 2.46. The Kier molecular flexibility index (Phi) is 4.26. The lowest BCUT2D eigenvalue weighted by molar-refractivity contribution is 0.172. The largest absolute Gasteiger partial charge is 0.493 e. The summed E-state index contributed by atoms with van der Waals surface area (Å²) in [6.45, 7) is 3.35. The second-order valence-corrected chi connectivity index (χ2v) is 3.17. The number of anilines is 1. The normalized spacial score (nSPS) is 10.1. The van der Waals surface area contributed by atoms with Gasteiger partial charge in [-0.25, -0.2) is 0 Å². The van der Waals surface area contributed by atoms with Crippen molar-refractivity contribution in [1.29, 1.82) is 0 Å². The van der Waals surface area contributed by atoms with Gasteiger partial charge in [-0.1, -0.05) is 6.07 Å². The van der Waals surface area contributed by atoms with Crippen molar-refractivity contribution in [3.63, 3.8) is 0 Å². The van der Waals surface area contributed by atoms with Gasteiger partial charge in [0.1, 0.15) is 5.75 Å². The van der Waals surface area contributed by atoms with Crippen LogP contribution in [0.15, 0.2) is 18.2 Å². The van der Waals surface area contributed by atoms with Crippen molar-refractivity contribution in [2.24, 2.45) is 0 Å². The fourth-order valence-electron chi connectivity index (χ4n) is 1.17. The molecule has 0 aliphatic heterocycles. The summed E-state index contributed by atoms with van der Waals surface area (Å²) in [6.07, 6.45) is 0.894. The van der Waals surface area contributed by atoms with Crippen LogP contribution < -0.4 is 10.5 Å². The van der Waals surface area contributed by atoms with E-state index >= 15 is 0 Å². The maximum absolute atomic E-state index is 5.75. The van der Waals surface area contributed by atoms with Crippen LogP contribution in [0, 0.1) is 6.92 Å². The Morgan fingerprint density at radius 1 is 1.29 bits per heavy atom. The van der Waals surface area contributed by atoms with E-state index in [1.165, 1.54) is 0 Å². The number of ether oxygens (including phenoxy) is 2. The van der Waals surface area contributed by atoms with Gasteiger partial charge in [-0.05, 0) is 19.1 Å². The number of nitrogens with two attached hydrogens (primary N) is 1. The third kappa shape index (κ3) is 2.92. The van der Waals surface area contributed by atoms with Gasteiger partial charge >= 0.3 is 0 Å². The van der Waals surface area contributed by atoms with Crippen molar-refractivity contribution in [1.82, 2.24) is 0 Å². The molecule has 0 saturated carbocycles. The molecule has 14 heavy (non-hydrogen) atoms. The molecule has 2 N–H and O–H groups in total. The zero-order valence-corrected chi connectivity index (χ0v) is 8.75. The molecule has 0 aliphatic carbocycles. The second kappa shape index (κ2) is 5.50. The van der Waals surface area contributed by atoms with E-state index in [9.17, 15) is 0 Å². The monoisotopic (exact) mass is 195 g/mol. The van der Waals surface area contributed by atoms with Crippen molar-refractivity contribution in [2.75, 3.05) is 26.1 Å². The zero-order chi connectivity index (χ0) is 10.4. The van der Waals surface area contributed by atoms with Gasteiger partial charge < -0.3 is 15.2 Å². The summed E-state index contributed by atoms with van der Waals surface area (Å²) < 4.78 is 10.5. The van der Waals surface area contributed by atoms with E-state index in [0.717, 1.165) is 30.0 Å². The van der Waals surface area contributed by atoms with E-state index in [0.29, 0.717) is 6.61 Å². The quantitative estimate of drug-likeness (QED) is 0.577. The minimum absolute atomic E-state index is 0.665. The predicted octanol–water partition coefficient (Wildman–Crippen LogP) is 1.99. The summed E-state index contributed by atoms with van der Waals surface area (Å²) in [5, 5.41) is 0. The molecule has 1 rings (SSSR count). The molecule has 78 valence electrons. The van der Waals surface area contributed by atoms with Crippen molar-refractivity contribution in [2.45, 2.75) is 13.3 Å². The summed E-state index contributed by atoms with van der Waals surface area (Å²) in [6, 6.07) is 5.70. The first-order valence-electron chi connectivity index (χ1n) is 4.72. The van der Waals surface area contributed by atoms with Crippen LogP contribution in [0.5, 0.6) is 5.75 Å². The molecule has 0 heterocycles. The van der Waals surface area contributed by atoms with E-state index in [-0.39, 0.29) is 0 Å². The molecule has 3 heteroatoms. The highest BCUT2D eigenvalue weighted by Crippen LogP contribution is 2.22. The van der Waals surface area contributed by atoms with Gasteiger partial charge in [0, 0.05) is 31.4 Å². The van der Waals surface area contributed by atoms with Crippen molar-refractivity contribution in [3.05, 3.63) is 23.8 Å². The van der Waals surface area contributed by atoms with Crippen LogP contribution in [0.1, 0.15) is 12.0 Å². The molecule has 0 aliphatic rings. The van der Waals surface area contributed by atoms with Gasteiger partial charge in [-0.15, -0.1) is 0 Å².